The molecule has 3 nitrogen and oxygen atoms in total. The lowest BCUT2D eigenvalue weighted by molar-refractivity contribution is 0.0279. The number of hydrogen-bond acceptors (Lipinski definition) is 3. The maximum atomic E-state index is 5.81. The van der Waals surface area contributed by atoms with E-state index in [2.05, 4.69) is 39.9 Å². The van der Waals surface area contributed by atoms with Crippen LogP contribution in [0.2, 0.25) is 0 Å². The first kappa shape index (κ1) is 16.9. The Morgan fingerprint density at radius 1 is 1.26 bits per heavy atom. The fraction of sp³-hybridized carbons (Fsp3) is 1.00. The van der Waals surface area contributed by atoms with Gasteiger partial charge in [0.2, 0.25) is 0 Å². The molecule has 0 amide bonds. The Labute approximate surface area is 119 Å². The van der Waals surface area contributed by atoms with Crippen LogP contribution in [-0.4, -0.2) is 39.0 Å². The molecule has 1 heterocycles. The monoisotopic (exact) mass is 271 g/mol. The van der Waals surface area contributed by atoms with Crippen molar-refractivity contribution in [3.63, 3.8) is 0 Å². The highest BCUT2D eigenvalue weighted by atomic mass is 16.5. The summed E-state index contributed by atoms with van der Waals surface area (Å²) in [6.07, 6.45) is 2.60. The first-order chi connectivity index (χ1) is 8.96. The Kier molecular flexibility index (Phi) is 7.33. The molecule has 1 saturated heterocycles. The summed E-state index contributed by atoms with van der Waals surface area (Å²) in [5.74, 6) is 1.32. The molecule has 2 unspecified atom stereocenters. The Morgan fingerprint density at radius 3 is 2.53 bits per heavy atom. The van der Waals surface area contributed by atoms with Crippen molar-refractivity contribution in [1.29, 1.82) is 0 Å². The molecule has 1 fully saturated rings. The van der Waals surface area contributed by atoms with Gasteiger partial charge < -0.3 is 14.8 Å². The van der Waals surface area contributed by atoms with E-state index in [-0.39, 0.29) is 5.41 Å². The topological polar surface area (TPSA) is 30.5 Å². The molecule has 0 spiro atoms. The number of nitrogens with one attached hydrogen (secondary N) is 1. The average molecular weight is 271 g/mol. The number of rotatable bonds is 9. The van der Waals surface area contributed by atoms with E-state index in [1.165, 1.54) is 0 Å². The molecule has 2 atom stereocenters. The third kappa shape index (κ3) is 5.80. The lowest BCUT2D eigenvalue weighted by Gasteiger charge is -2.33. The zero-order valence-electron chi connectivity index (χ0n) is 13.5. The lowest BCUT2D eigenvalue weighted by Crippen LogP contribution is -2.41. The molecule has 1 aliphatic heterocycles. The SMILES string of the molecule is CC(C)CNCC1(CCOCC(C)C)CCOC1C. The van der Waals surface area contributed by atoms with E-state index >= 15 is 0 Å². The molecule has 0 aromatic carbocycles. The molecule has 1 aliphatic rings. The summed E-state index contributed by atoms with van der Waals surface area (Å²) in [7, 11) is 0. The minimum atomic E-state index is 0.270. The van der Waals surface area contributed by atoms with Gasteiger partial charge in [0.05, 0.1) is 6.10 Å². The molecule has 0 radical (unpaired) electrons. The maximum absolute atomic E-state index is 5.81. The van der Waals surface area contributed by atoms with Gasteiger partial charge in [-0.25, -0.2) is 0 Å². The second-order valence-electron chi connectivity index (χ2n) is 6.87. The summed E-state index contributed by atoms with van der Waals surface area (Å²) in [5.41, 5.74) is 0.270. The molecule has 0 aliphatic carbocycles. The molecule has 0 aromatic rings. The van der Waals surface area contributed by atoms with E-state index in [0.717, 1.165) is 45.8 Å². The summed E-state index contributed by atoms with van der Waals surface area (Å²) < 4.78 is 11.6. The summed E-state index contributed by atoms with van der Waals surface area (Å²) in [6, 6.07) is 0. The van der Waals surface area contributed by atoms with Gasteiger partial charge in [-0.3, -0.25) is 0 Å². The summed E-state index contributed by atoms with van der Waals surface area (Å²) in [6.45, 7) is 15.9. The van der Waals surface area contributed by atoms with E-state index in [1.807, 2.05) is 0 Å². The van der Waals surface area contributed by atoms with Crippen molar-refractivity contribution in [1.82, 2.24) is 5.32 Å². The van der Waals surface area contributed by atoms with E-state index < -0.39 is 0 Å². The van der Waals surface area contributed by atoms with E-state index in [1.54, 1.807) is 0 Å². The van der Waals surface area contributed by atoms with Crippen LogP contribution in [-0.2, 0) is 9.47 Å². The van der Waals surface area contributed by atoms with Crippen LogP contribution in [0.25, 0.3) is 0 Å². The van der Waals surface area contributed by atoms with Crippen molar-refractivity contribution in [3.05, 3.63) is 0 Å². The maximum Gasteiger partial charge on any atom is 0.0617 e. The van der Waals surface area contributed by atoms with Crippen molar-refractivity contribution < 1.29 is 9.47 Å². The second-order valence-corrected chi connectivity index (χ2v) is 6.87. The molecule has 0 aromatic heterocycles. The van der Waals surface area contributed by atoms with Crippen LogP contribution in [0.3, 0.4) is 0 Å². The van der Waals surface area contributed by atoms with Gasteiger partial charge in [-0.05, 0) is 38.1 Å². The van der Waals surface area contributed by atoms with Crippen molar-refractivity contribution in [2.45, 2.75) is 53.6 Å². The average Bonchev–Trinajstić information content (AvgIpc) is 2.66. The van der Waals surface area contributed by atoms with Gasteiger partial charge in [-0.15, -0.1) is 0 Å². The first-order valence-corrected chi connectivity index (χ1v) is 7.86. The quantitative estimate of drug-likeness (QED) is 0.654. The molecule has 1 rings (SSSR count). The van der Waals surface area contributed by atoms with Crippen molar-refractivity contribution in [2.24, 2.45) is 17.3 Å². The normalized spacial score (nSPS) is 27.6. The van der Waals surface area contributed by atoms with Crippen LogP contribution >= 0.6 is 0 Å². The molecular weight excluding hydrogens is 238 g/mol. The van der Waals surface area contributed by atoms with E-state index in [0.29, 0.717) is 17.9 Å². The van der Waals surface area contributed by atoms with Crippen LogP contribution in [0.5, 0.6) is 0 Å². The molecular formula is C16H33NO2. The minimum Gasteiger partial charge on any atom is -0.381 e. The molecule has 114 valence electrons. The standard InChI is InChI=1S/C16H33NO2/c1-13(2)10-17-12-16(7-9-19-15(16)5)6-8-18-11-14(3)4/h13-15,17H,6-12H2,1-5H3. The Bertz CT molecular complexity index is 243. The third-order valence-electron chi connectivity index (χ3n) is 4.06. The van der Waals surface area contributed by atoms with Crippen LogP contribution in [0, 0.1) is 17.3 Å². The molecule has 0 saturated carbocycles. The molecule has 19 heavy (non-hydrogen) atoms. The molecule has 3 heteroatoms. The van der Waals surface area contributed by atoms with E-state index in [9.17, 15) is 0 Å². The highest BCUT2D eigenvalue weighted by Gasteiger charge is 2.40. The highest BCUT2D eigenvalue weighted by Crippen LogP contribution is 2.37. The van der Waals surface area contributed by atoms with Gasteiger partial charge in [0.1, 0.15) is 0 Å². The second kappa shape index (κ2) is 8.23. The van der Waals surface area contributed by atoms with Gasteiger partial charge in [-0.2, -0.15) is 0 Å². The number of ether oxygens (including phenoxy) is 2. The van der Waals surface area contributed by atoms with Crippen LogP contribution in [0.15, 0.2) is 0 Å². The fourth-order valence-electron chi connectivity index (χ4n) is 2.67. The Balaban J connectivity index is 2.37. The van der Waals surface area contributed by atoms with Gasteiger partial charge in [0.25, 0.3) is 0 Å². The van der Waals surface area contributed by atoms with E-state index in [4.69, 9.17) is 9.47 Å². The van der Waals surface area contributed by atoms with Crippen molar-refractivity contribution >= 4 is 0 Å². The van der Waals surface area contributed by atoms with Crippen molar-refractivity contribution in [3.8, 4) is 0 Å². The van der Waals surface area contributed by atoms with Crippen molar-refractivity contribution in [2.75, 3.05) is 32.9 Å². The van der Waals surface area contributed by atoms with Gasteiger partial charge in [0.15, 0.2) is 0 Å². The highest BCUT2D eigenvalue weighted by molar-refractivity contribution is 4.91. The molecule has 0 bridgehead atoms. The summed E-state index contributed by atoms with van der Waals surface area (Å²) >= 11 is 0. The predicted molar refractivity (Wildman–Crippen MR) is 80.4 cm³/mol. The molecule has 1 N–H and O–H groups in total. The van der Waals surface area contributed by atoms with Gasteiger partial charge in [-0.1, -0.05) is 27.7 Å². The number of hydrogen-bond donors (Lipinski definition) is 1. The summed E-state index contributed by atoms with van der Waals surface area (Å²) in [4.78, 5) is 0. The fourth-order valence-corrected chi connectivity index (χ4v) is 2.67. The Morgan fingerprint density at radius 2 is 2.00 bits per heavy atom. The van der Waals surface area contributed by atoms with Gasteiger partial charge in [0, 0.05) is 31.8 Å². The lowest BCUT2D eigenvalue weighted by atomic mass is 9.78. The van der Waals surface area contributed by atoms with Gasteiger partial charge >= 0.3 is 0 Å². The largest absolute Gasteiger partial charge is 0.381 e. The predicted octanol–water partition coefficient (Wildman–Crippen LogP) is 3.09. The smallest absolute Gasteiger partial charge is 0.0617 e. The zero-order valence-corrected chi connectivity index (χ0v) is 13.5. The minimum absolute atomic E-state index is 0.270. The van der Waals surface area contributed by atoms with Crippen LogP contribution in [0.1, 0.15) is 47.5 Å². The van der Waals surface area contributed by atoms with Crippen LogP contribution < -0.4 is 5.32 Å². The van der Waals surface area contributed by atoms with Crippen LogP contribution in [0.4, 0.5) is 0 Å². The first-order valence-electron chi connectivity index (χ1n) is 7.86. The third-order valence-corrected chi connectivity index (χ3v) is 4.06. The zero-order chi connectivity index (χ0) is 14.3. The Hall–Kier alpha value is -0.120. The summed E-state index contributed by atoms with van der Waals surface area (Å²) in [5, 5.41) is 3.61.